The summed E-state index contributed by atoms with van der Waals surface area (Å²) >= 11 is 0. The minimum absolute atomic E-state index is 0.164. The van der Waals surface area contributed by atoms with Crippen molar-refractivity contribution in [3.05, 3.63) is 12.2 Å². The van der Waals surface area contributed by atoms with Crippen LogP contribution in [0.15, 0.2) is 12.2 Å². The van der Waals surface area contributed by atoms with Crippen molar-refractivity contribution in [1.82, 2.24) is 5.32 Å². The summed E-state index contributed by atoms with van der Waals surface area (Å²) in [5.41, 5.74) is -0.431. The number of ether oxygens (including phenoxy) is 1. The maximum atomic E-state index is 11.7. The molecular weight excluding hydrogens is 226 g/mol. The molecule has 0 aromatic rings. The molecule has 1 N–H and O–H groups in total. The Labute approximate surface area is 111 Å². The molecule has 3 heteroatoms. The summed E-state index contributed by atoms with van der Waals surface area (Å²) < 4.78 is 5.28. The van der Waals surface area contributed by atoms with Crippen LogP contribution in [0.1, 0.15) is 48.0 Å². The van der Waals surface area contributed by atoms with Crippen LogP contribution in [0.5, 0.6) is 0 Å². The molecule has 1 aliphatic carbocycles. The van der Waals surface area contributed by atoms with Crippen molar-refractivity contribution in [3.8, 4) is 0 Å². The second kappa shape index (κ2) is 5.77. The molecule has 4 unspecified atom stereocenters. The lowest BCUT2D eigenvalue weighted by Gasteiger charge is -2.45. The van der Waals surface area contributed by atoms with E-state index in [9.17, 15) is 4.79 Å². The maximum Gasteiger partial charge on any atom is 0.407 e. The van der Waals surface area contributed by atoms with E-state index in [2.05, 4.69) is 31.3 Å². The number of alkyl carbamates (subject to hydrolysis) is 1. The van der Waals surface area contributed by atoms with Gasteiger partial charge >= 0.3 is 6.09 Å². The minimum Gasteiger partial charge on any atom is -0.444 e. The quantitative estimate of drug-likeness (QED) is 0.778. The molecule has 1 aliphatic rings. The Kier molecular flexibility index (Phi) is 4.83. The van der Waals surface area contributed by atoms with Crippen molar-refractivity contribution in [2.45, 2.75) is 59.6 Å². The van der Waals surface area contributed by atoms with Crippen LogP contribution in [0.25, 0.3) is 0 Å². The molecular formula is C15H27NO2. The third-order valence-corrected chi connectivity index (χ3v) is 3.60. The van der Waals surface area contributed by atoms with E-state index < -0.39 is 5.60 Å². The zero-order valence-corrected chi connectivity index (χ0v) is 12.5. The van der Waals surface area contributed by atoms with Crippen molar-refractivity contribution in [1.29, 1.82) is 0 Å². The van der Waals surface area contributed by atoms with Gasteiger partial charge in [0.2, 0.25) is 0 Å². The molecule has 1 saturated carbocycles. The monoisotopic (exact) mass is 253 g/mol. The molecule has 1 fully saturated rings. The van der Waals surface area contributed by atoms with E-state index in [0.717, 1.165) is 0 Å². The Morgan fingerprint density at radius 1 is 1.44 bits per heavy atom. The van der Waals surface area contributed by atoms with Crippen molar-refractivity contribution in [2.24, 2.45) is 17.8 Å². The van der Waals surface area contributed by atoms with Crippen molar-refractivity contribution in [2.75, 3.05) is 0 Å². The summed E-state index contributed by atoms with van der Waals surface area (Å²) in [7, 11) is 0. The van der Waals surface area contributed by atoms with Gasteiger partial charge in [0, 0.05) is 6.04 Å². The van der Waals surface area contributed by atoms with Gasteiger partial charge in [-0.15, -0.1) is 0 Å². The van der Waals surface area contributed by atoms with Crippen LogP contribution in [0.2, 0.25) is 0 Å². The highest BCUT2D eigenvalue weighted by Gasteiger charge is 2.40. The van der Waals surface area contributed by atoms with E-state index in [-0.39, 0.29) is 12.1 Å². The van der Waals surface area contributed by atoms with Gasteiger partial charge in [-0.1, -0.05) is 19.1 Å². The summed E-state index contributed by atoms with van der Waals surface area (Å²) in [5.74, 6) is 1.83. The lowest BCUT2D eigenvalue weighted by atomic mass is 9.63. The Balaban J connectivity index is 2.46. The van der Waals surface area contributed by atoms with Gasteiger partial charge in [0.05, 0.1) is 0 Å². The predicted molar refractivity (Wildman–Crippen MR) is 74.4 cm³/mol. The number of carbonyl (C=O) groups excluding carboxylic acids is 1. The first-order valence-corrected chi connectivity index (χ1v) is 6.87. The maximum absolute atomic E-state index is 11.7. The van der Waals surface area contributed by atoms with E-state index in [1.54, 1.807) is 0 Å². The lowest BCUT2D eigenvalue weighted by Crippen LogP contribution is -2.49. The molecule has 0 bridgehead atoms. The second-order valence-corrected chi connectivity index (χ2v) is 6.41. The normalized spacial score (nSPS) is 29.8. The van der Waals surface area contributed by atoms with E-state index in [1.165, 1.54) is 6.42 Å². The standard InChI is InChI=1S/C15H27NO2/c1-7-8-12-10(2)9-13(12)11(3)16-14(17)18-15(4,5)6/h7-8,10-13H,9H2,1-6H3,(H,16,17). The molecule has 18 heavy (non-hydrogen) atoms. The molecule has 3 nitrogen and oxygen atoms in total. The van der Waals surface area contributed by atoms with E-state index in [1.807, 2.05) is 27.7 Å². The number of amides is 1. The van der Waals surface area contributed by atoms with Crippen LogP contribution < -0.4 is 5.32 Å². The van der Waals surface area contributed by atoms with E-state index >= 15 is 0 Å². The van der Waals surface area contributed by atoms with E-state index in [4.69, 9.17) is 4.74 Å². The van der Waals surface area contributed by atoms with Crippen LogP contribution in [0.4, 0.5) is 4.79 Å². The number of carbonyl (C=O) groups is 1. The summed E-state index contributed by atoms with van der Waals surface area (Å²) in [6.45, 7) is 12.0. The molecule has 0 saturated heterocycles. The Morgan fingerprint density at radius 3 is 2.50 bits per heavy atom. The predicted octanol–water partition coefficient (Wildman–Crippen LogP) is 3.75. The average Bonchev–Trinajstić information content (AvgIpc) is 2.19. The first kappa shape index (κ1) is 15.1. The first-order chi connectivity index (χ1) is 8.24. The van der Waals surface area contributed by atoms with Crippen LogP contribution in [0, 0.1) is 17.8 Å². The number of hydrogen-bond acceptors (Lipinski definition) is 2. The summed E-state index contributed by atoms with van der Waals surface area (Å²) in [5, 5.41) is 2.95. The number of allylic oxidation sites excluding steroid dienone is 2. The molecule has 0 radical (unpaired) electrons. The van der Waals surface area contributed by atoms with Crippen molar-refractivity contribution in [3.63, 3.8) is 0 Å². The Morgan fingerprint density at radius 2 is 2.06 bits per heavy atom. The lowest BCUT2D eigenvalue weighted by molar-refractivity contribution is 0.0393. The van der Waals surface area contributed by atoms with Gasteiger partial charge in [0.1, 0.15) is 5.60 Å². The third-order valence-electron chi connectivity index (χ3n) is 3.60. The second-order valence-electron chi connectivity index (χ2n) is 6.41. The van der Waals surface area contributed by atoms with Gasteiger partial charge in [0.15, 0.2) is 0 Å². The zero-order valence-electron chi connectivity index (χ0n) is 12.5. The minimum atomic E-state index is -0.431. The average molecular weight is 253 g/mol. The molecule has 0 spiro atoms. The third kappa shape index (κ3) is 4.04. The summed E-state index contributed by atoms with van der Waals surface area (Å²) in [6, 6.07) is 0.164. The van der Waals surface area contributed by atoms with Crippen molar-refractivity contribution >= 4 is 6.09 Å². The van der Waals surface area contributed by atoms with E-state index in [0.29, 0.717) is 17.8 Å². The highest BCUT2D eigenvalue weighted by Crippen LogP contribution is 2.43. The zero-order chi connectivity index (χ0) is 13.9. The summed E-state index contributed by atoms with van der Waals surface area (Å²) in [4.78, 5) is 11.7. The topological polar surface area (TPSA) is 38.3 Å². The molecule has 0 aliphatic heterocycles. The van der Waals surface area contributed by atoms with Crippen LogP contribution in [-0.2, 0) is 4.74 Å². The molecule has 104 valence electrons. The van der Waals surface area contributed by atoms with Gasteiger partial charge < -0.3 is 10.1 Å². The van der Waals surface area contributed by atoms with Crippen LogP contribution >= 0.6 is 0 Å². The Hall–Kier alpha value is -0.990. The molecule has 0 aromatic heterocycles. The van der Waals surface area contributed by atoms with Gasteiger partial charge in [-0.2, -0.15) is 0 Å². The van der Waals surface area contributed by atoms with Crippen LogP contribution in [0.3, 0.4) is 0 Å². The van der Waals surface area contributed by atoms with Gasteiger partial charge in [-0.3, -0.25) is 0 Å². The van der Waals surface area contributed by atoms with Gasteiger partial charge in [-0.05, 0) is 58.8 Å². The van der Waals surface area contributed by atoms with Crippen molar-refractivity contribution < 1.29 is 9.53 Å². The highest BCUT2D eigenvalue weighted by atomic mass is 16.6. The smallest absolute Gasteiger partial charge is 0.407 e. The summed E-state index contributed by atoms with van der Waals surface area (Å²) in [6.07, 6.45) is 5.22. The Bertz CT molecular complexity index is 317. The molecule has 4 atom stereocenters. The number of rotatable bonds is 3. The van der Waals surface area contributed by atoms with Crippen LogP contribution in [-0.4, -0.2) is 17.7 Å². The molecule has 1 rings (SSSR count). The van der Waals surface area contributed by atoms with Gasteiger partial charge in [0.25, 0.3) is 0 Å². The largest absolute Gasteiger partial charge is 0.444 e. The SMILES string of the molecule is CC=CC1C(C)CC1C(C)NC(=O)OC(C)(C)C. The fourth-order valence-electron chi connectivity index (χ4n) is 2.66. The fraction of sp³-hybridized carbons (Fsp3) is 0.800. The first-order valence-electron chi connectivity index (χ1n) is 6.87. The molecule has 0 aromatic carbocycles. The van der Waals surface area contributed by atoms with Gasteiger partial charge in [-0.25, -0.2) is 4.79 Å². The number of nitrogens with one attached hydrogen (secondary N) is 1. The number of hydrogen-bond donors (Lipinski definition) is 1. The molecule has 1 amide bonds. The highest BCUT2D eigenvalue weighted by molar-refractivity contribution is 5.68. The fourth-order valence-corrected chi connectivity index (χ4v) is 2.66. The molecule has 0 heterocycles.